The van der Waals surface area contributed by atoms with Crippen LogP contribution in [0.25, 0.3) is 0 Å². The molecule has 3 fully saturated rings. The molecule has 1 saturated heterocycles. The van der Waals surface area contributed by atoms with Gasteiger partial charge in [0.2, 0.25) is 0 Å². The number of likely N-dealkylation sites (tertiary alicyclic amines) is 1. The Morgan fingerprint density at radius 3 is 2.50 bits per heavy atom. The Balaban J connectivity index is 1.72. The van der Waals surface area contributed by atoms with E-state index in [1.165, 1.54) is 64.5 Å². The number of carbonyl (C=O) groups excluding carboxylic acids is 1. The van der Waals surface area contributed by atoms with Crippen LogP contribution in [0.3, 0.4) is 0 Å². The van der Waals surface area contributed by atoms with Crippen molar-refractivity contribution in [3.8, 4) is 0 Å². The summed E-state index contributed by atoms with van der Waals surface area (Å²) in [6, 6.07) is 0.615. The van der Waals surface area contributed by atoms with Crippen LogP contribution in [0, 0.1) is 11.8 Å². The minimum atomic E-state index is 0.408. The number of piperidine rings is 1. The van der Waals surface area contributed by atoms with Gasteiger partial charge in [0.25, 0.3) is 0 Å². The predicted molar refractivity (Wildman–Crippen MR) is 64.3 cm³/mol. The number of Topliss-reactive ketones (excluding diaryl/α,β-unsaturated/α-hetero) is 1. The van der Waals surface area contributed by atoms with Crippen LogP contribution < -0.4 is 0 Å². The van der Waals surface area contributed by atoms with Gasteiger partial charge >= 0.3 is 0 Å². The highest BCUT2D eigenvalue weighted by molar-refractivity contribution is 5.85. The molecular weight excluding hydrogens is 198 g/mol. The number of hydrogen-bond donors (Lipinski definition) is 0. The van der Waals surface area contributed by atoms with Crippen molar-refractivity contribution < 1.29 is 4.79 Å². The van der Waals surface area contributed by atoms with E-state index in [-0.39, 0.29) is 0 Å². The molecule has 3 aliphatic rings. The van der Waals surface area contributed by atoms with Gasteiger partial charge in [-0.2, -0.15) is 0 Å². The van der Waals surface area contributed by atoms with Crippen LogP contribution in [-0.2, 0) is 4.79 Å². The van der Waals surface area contributed by atoms with Gasteiger partial charge in [-0.25, -0.2) is 0 Å². The second-order valence-corrected chi connectivity index (χ2v) is 5.88. The first kappa shape index (κ1) is 10.8. The number of carbonyl (C=O) groups is 1. The smallest absolute Gasteiger partial charge is 0.140 e. The van der Waals surface area contributed by atoms with Crippen LogP contribution in [0.4, 0.5) is 0 Å². The topological polar surface area (TPSA) is 20.3 Å². The molecule has 0 spiro atoms. The molecule has 3 rings (SSSR count). The average Bonchev–Trinajstić information content (AvgIpc) is 2.30. The summed E-state index contributed by atoms with van der Waals surface area (Å²) in [7, 11) is 0. The Hall–Kier alpha value is -0.370. The molecule has 2 nitrogen and oxygen atoms in total. The van der Waals surface area contributed by atoms with E-state index in [2.05, 4.69) is 4.90 Å². The van der Waals surface area contributed by atoms with Crippen molar-refractivity contribution in [2.45, 2.75) is 57.4 Å². The van der Waals surface area contributed by atoms with Gasteiger partial charge in [-0.15, -0.1) is 0 Å². The summed E-state index contributed by atoms with van der Waals surface area (Å²) in [5.41, 5.74) is 0. The first-order chi connectivity index (χ1) is 7.86. The molecule has 0 aromatic heterocycles. The number of nitrogens with zero attached hydrogens (tertiary/aromatic N) is 1. The first-order valence-electron chi connectivity index (χ1n) is 7.14. The molecule has 0 aromatic carbocycles. The van der Waals surface area contributed by atoms with E-state index >= 15 is 0 Å². The Bertz CT molecular complexity index is 270. The van der Waals surface area contributed by atoms with E-state index in [4.69, 9.17) is 0 Å². The number of ketones is 1. The molecule has 2 heteroatoms. The zero-order valence-electron chi connectivity index (χ0n) is 10.2. The molecule has 0 amide bonds. The highest BCUT2D eigenvalue weighted by Gasteiger charge is 2.42. The lowest BCUT2D eigenvalue weighted by molar-refractivity contribution is -0.136. The normalized spacial score (nSPS) is 41.0. The third-order valence-corrected chi connectivity index (χ3v) is 4.97. The molecule has 0 radical (unpaired) electrons. The maximum atomic E-state index is 12.2. The van der Waals surface area contributed by atoms with Gasteiger partial charge in [0, 0.05) is 17.9 Å². The van der Waals surface area contributed by atoms with Crippen molar-refractivity contribution in [2.24, 2.45) is 11.8 Å². The van der Waals surface area contributed by atoms with Crippen molar-refractivity contribution in [3.63, 3.8) is 0 Å². The third-order valence-electron chi connectivity index (χ3n) is 4.97. The molecule has 2 saturated carbocycles. The summed E-state index contributed by atoms with van der Waals surface area (Å²) < 4.78 is 0. The van der Waals surface area contributed by atoms with Crippen molar-refractivity contribution in [2.75, 3.05) is 13.1 Å². The van der Waals surface area contributed by atoms with Crippen LogP contribution in [0.1, 0.15) is 51.4 Å². The molecule has 1 heterocycles. The summed E-state index contributed by atoms with van der Waals surface area (Å²) in [5, 5.41) is 0. The Labute approximate surface area is 98.4 Å². The molecule has 16 heavy (non-hydrogen) atoms. The van der Waals surface area contributed by atoms with Crippen molar-refractivity contribution in [3.05, 3.63) is 0 Å². The van der Waals surface area contributed by atoms with E-state index in [0.29, 0.717) is 23.7 Å². The lowest BCUT2D eigenvalue weighted by Gasteiger charge is -2.45. The monoisotopic (exact) mass is 221 g/mol. The van der Waals surface area contributed by atoms with E-state index in [1.807, 2.05) is 0 Å². The maximum Gasteiger partial charge on any atom is 0.140 e. The molecule has 3 atom stereocenters. The van der Waals surface area contributed by atoms with Gasteiger partial charge in [0.1, 0.15) is 5.78 Å². The van der Waals surface area contributed by atoms with Crippen molar-refractivity contribution in [1.29, 1.82) is 0 Å². The van der Waals surface area contributed by atoms with E-state index < -0.39 is 0 Å². The molecule has 0 N–H and O–H groups in total. The summed E-state index contributed by atoms with van der Waals surface area (Å²) in [6.45, 7) is 2.50. The summed E-state index contributed by atoms with van der Waals surface area (Å²) >= 11 is 0. The van der Waals surface area contributed by atoms with Crippen LogP contribution in [0.2, 0.25) is 0 Å². The molecule has 0 unspecified atom stereocenters. The van der Waals surface area contributed by atoms with E-state index in [0.717, 1.165) is 0 Å². The van der Waals surface area contributed by atoms with Gasteiger partial charge < -0.3 is 0 Å². The lowest BCUT2D eigenvalue weighted by Crippen LogP contribution is -2.51. The zero-order chi connectivity index (χ0) is 11.0. The Morgan fingerprint density at radius 1 is 0.875 bits per heavy atom. The zero-order valence-corrected chi connectivity index (χ0v) is 10.2. The SMILES string of the molecule is O=C1[C@H]2CCC[C@@H]1[C@@H](N1CCCCC1)CC2. The van der Waals surface area contributed by atoms with Crippen LogP contribution in [-0.4, -0.2) is 29.8 Å². The summed E-state index contributed by atoms with van der Waals surface area (Å²) in [4.78, 5) is 14.9. The third kappa shape index (κ3) is 1.81. The Morgan fingerprint density at radius 2 is 1.69 bits per heavy atom. The van der Waals surface area contributed by atoms with Crippen molar-refractivity contribution >= 4 is 5.78 Å². The quantitative estimate of drug-likeness (QED) is 0.678. The summed E-state index contributed by atoms with van der Waals surface area (Å²) in [5.74, 6) is 1.47. The van der Waals surface area contributed by atoms with Gasteiger partial charge in [-0.1, -0.05) is 12.8 Å². The second-order valence-electron chi connectivity index (χ2n) is 5.88. The second kappa shape index (κ2) is 4.48. The van der Waals surface area contributed by atoms with Crippen LogP contribution in [0.15, 0.2) is 0 Å². The maximum absolute atomic E-state index is 12.2. The minimum absolute atomic E-state index is 0.408. The largest absolute Gasteiger partial charge is 0.300 e. The van der Waals surface area contributed by atoms with Gasteiger partial charge in [-0.3, -0.25) is 9.69 Å². The fourth-order valence-electron chi connectivity index (χ4n) is 4.10. The number of fused-ring (bicyclic) bond motifs is 2. The highest BCUT2D eigenvalue weighted by atomic mass is 16.1. The van der Waals surface area contributed by atoms with Gasteiger partial charge in [0.15, 0.2) is 0 Å². The number of hydrogen-bond acceptors (Lipinski definition) is 2. The standard InChI is InChI=1S/C14H23NO/c16-14-11-5-4-6-12(14)13(8-7-11)15-9-2-1-3-10-15/h11-13H,1-10H2/t11-,12+,13-/m0/s1. The lowest BCUT2D eigenvalue weighted by atomic mass is 9.68. The predicted octanol–water partition coefficient (Wildman–Crippen LogP) is 2.62. The average molecular weight is 221 g/mol. The van der Waals surface area contributed by atoms with E-state index in [9.17, 15) is 4.79 Å². The molecule has 1 aliphatic heterocycles. The highest BCUT2D eigenvalue weighted by Crippen LogP contribution is 2.39. The fraction of sp³-hybridized carbons (Fsp3) is 0.929. The van der Waals surface area contributed by atoms with Gasteiger partial charge in [-0.05, 0) is 51.6 Å². The Kier molecular flexibility index (Phi) is 3.01. The molecule has 2 bridgehead atoms. The molecule has 0 aromatic rings. The molecule has 90 valence electrons. The molecule has 2 aliphatic carbocycles. The van der Waals surface area contributed by atoms with Crippen molar-refractivity contribution in [1.82, 2.24) is 4.90 Å². The fourth-order valence-corrected chi connectivity index (χ4v) is 4.10. The van der Waals surface area contributed by atoms with Crippen LogP contribution in [0.5, 0.6) is 0 Å². The van der Waals surface area contributed by atoms with Gasteiger partial charge in [0.05, 0.1) is 0 Å². The summed E-state index contributed by atoms with van der Waals surface area (Å²) in [6.07, 6.45) is 10.2. The van der Waals surface area contributed by atoms with Crippen LogP contribution >= 0.6 is 0 Å². The van der Waals surface area contributed by atoms with E-state index in [1.54, 1.807) is 0 Å². The first-order valence-corrected chi connectivity index (χ1v) is 7.14. The minimum Gasteiger partial charge on any atom is -0.300 e. The molecular formula is C14H23NO. The number of rotatable bonds is 1.